The summed E-state index contributed by atoms with van der Waals surface area (Å²) < 4.78 is 8.21. The molecular formula is C63H4O. The molecule has 28 aromatic carbocycles. The summed E-state index contributed by atoms with van der Waals surface area (Å²) in [5.74, 6) is 1.13. The van der Waals surface area contributed by atoms with Crippen LogP contribution >= 0.6 is 0 Å². The maximum absolute atomic E-state index is 8.21. The minimum Gasteiger partial charge on any atom is -0.481 e. The van der Waals surface area contributed by atoms with Gasteiger partial charge in [0, 0.05) is 11.1 Å². The van der Waals surface area contributed by atoms with Crippen molar-refractivity contribution in [1.29, 1.82) is 0 Å². The van der Waals surface area contributed by atoms with E-state index in [4.69, 9.17) is 4.74 Å². The van der Waals surface area contributed by atoms with E-state index < -0.39 is 11.0 Å². The van der Waals surface area contributed by atoms with Crippen molar-refractivity contribution in [2.45, 2.75) is 17.9 Å². The SMILES string of the molecule is CC1=CC23c4c5c6c7c8c9c(c%10c%11c2c2c4c4c%12c5c5c6c6c8c8c%13c9c9c%10c%10c%11c%11c2c2c4c4c%12c%12c5c5c6c8c6c8c%13c9c9c%10c%10c%11c2c2c4c4c%12c5c6c5c8c9c%10c2c45)C73O1. The second-order valence-corrected chi connectivity index (χ2v) is 24.1. The monoisotopic (exact) mass is 776 g/mol. The lowest BCUT2D eigenvalue weighted by molar-refractivity contribution is 0.0317. The van der Waals surface area contributed by atoms with E-state index in [2.05, 4.69) is 13.0 Å². The summed E-state index contributed by atoms with van der Waals surface area (Å²) in [5.41, 5.74) is 5.43. The van der Waals surface area contributed by atoms with Crippen LogP contribution in [0.25, 0.3) is 291 Å². The molecule has 1 heteroatoms. The van der Waals surface area contributed by atoms with Gasteiger partial charge in [-0.3, -0.25) is 0 Å². The standard InChI is InChI=1S/C63H4O/c1-3-2-62-58-50-42-32-22-14-6-4-5-8-12-10(6)18-26-20(12)30-24-16(8)17-9(5)13-11-7(4)15(14)23-29-19(11)27-21(13)31-25(17)35-34(24)46-40(30)48-38(26)44(36(42)28(18)22)52(58)54(48)60-56(46)57-47(35)41(31)49-39(27)45-37(29)43(33(23)32)51(50)59(62)53(45)55(49)61(57)63(60,62)64-3/h2H,1H3. The van der Waals surface area contributed by atoms with Gasteiger partial charge in [0.25, 0.3) is 0 Å². The van der Waals surface area contributed by atoms with Crippen molar-refractivity contribution < 1.29 is 4.74 Å². The molecule has 0 bridgehead atoms. The molecular weight excluding hydrogens is 773 g/mol. The average molecular weight is 777 g/mol. The Bertz CT molecular complexity index is 6850. The highest BCUT2D eigenvalue weighted by atomic mass is 16.5. The first-order valence-electron chi connectivity index (χ1n) is 24.0. The van der Waals surface area contributed by atoms with Crippen molar-refractivity contribution in [1.82, 2.24) is 0 Å². The second kappa shape index (κ2) is 4.79. The average Bonchev–Trinajstić information content (AvgIpc) is 4.13. The molecule has 64 heavy (non-hydrogen) atoms. The van der Waals surface area contributed by atoms with E-state index in [9.17, 15) is 0 Å². The van der Waals surface area contributed by atoms with Crippen LogP contribution in [0.5, 0.6) is 0 Å². The van der Waals surface area contributed by atoms with Gasteiger partial charge >= 0.3 is 0 Å². The Morgan fingerprint density at radius 1 is 0.203 bits per heavy atom. The molecule has 1 heterocycles. The van der Waals surface area contributed by atoms with Gasteiger partial charge in [-0.25, -0.2) is 0 Å². The molecule has 0 amide bonds. The van der Waals surface area contributed by atoms with E-state index in [1.807, 2.05) is 0 Å². The summed E-state index contributed by atoms with van der Waals surface area (Å²) in [7, 11) is 0. The third-order valence-electron chi connectivity index (χ3n) is 24.0. The molecule has 0 fully saturated rings. The predicted molar refractivity (Wildman–Crippen MR) is 269 cm³/mol. The Balaban J connectivity index is 1.29. The fraction of sp³-hybridized carbons (Fsp3) is 0.0476. The van der Waals surface area contributed by atoms with Gasteiger partial charge in [0.05, 0.1) is 11.2 Å². The molecule has 2 spiro atoms. The molecule has 1 aliphatic heterocycles. The lowest BCUT2D eigenvalue weighted by Gasteiger charge is -2.48. The smallest absolute Gasteiger partial charge is 0.178 e. The maximum atomic E-state index is 8.21. The fourth-order valence-electron chi connectivity index (χ4n) is 24.2. The zero-order valence-corrected chi connectivity index (χ0v) is 32.5. The molecule has 0 unspecified atom stereocenters. The third kappa shape index (κ3) is 1.08. The first-order valence-corrected chi connectivity index (χ1v) is 24.0. The fourth-order valence-corrected chi connectivity index (χ4v) is 24.2. The summed E-state index contributed by atoms with van der Waals surface area (Å²) >= 11 is 0. The lowest BCUT2D eigenvalue weighted by Crippen LogP contribution is -2.49. The molecule has 28 aromatic rings. The van der Waals surface area contributed by atoms with Gasteiger partial charge in [-0.2, -0.15) is 0 Å². The largest absolute Gasteiger partial charge is 0.481 e. The quantitative estimate of drug-likeness (QED) is 0.139. The van der Waals surface area contributed by atoms with E-state index >= 15 is 0 Å². The van der Waals surface area contributed by atoms with E-state index in [0.29, 0.717) is 0 Å². The summed E-state index contributed by atoms with van der Waals surface area (Å²) in [6.07, 6.45) is 2.75. The number of hydrogen-bond donors (Lipinski definition) is 0. The highest BCUT2D eigenvalue weighted by Crippen LogP contribution is 2.85. The van der Waals surface area contributed by atoms with Gasteiger partial charge in [0.15, 0.2) is 5.60 Å². The Kier molecular flexibility index (Phi) is 1.67. The van der Waals surface area contributed by atoms with Crippen molar-refractivity contribution in [2.24, 2.45) is 0 Å². The van der Waals surface area contributed by atoms with Crippen molar-refractivity contribution in [3.8, 4) is 0 Å². The normalized spacial score (nSPS) is 23.4. The summed E-state index contributed by atoms with van der Waals surface area (Å²) in [6, 6.07) is 0. The second-order valence-electron chi connectivity index (χ2n) is 24.1. The van der Waals surface area contributed by atoms with E-state index in [0.717, 1.165) is 5.76 Å². The number of ether oxygens (including phenoxy) is 1. The Labute approximate surface area is 345 Å². The van der Waals surface area contributed by atoms with Gasteiger partial charge in [0.1, 0.15) is 0 Å². The first-order chi connectivity index (χ1) is 31.8. The summed E-state index contributed by atoms with van der Waals surface area (Å²) in [6.45, 7) is 2.34. The third-order valence-corrected chi connectivity index (χ3v) is 24.0. The highest BCUT2D eigenvalue weighted by molar-refractivity contribution is 6.82. The topological polar surface area (TPSA) is 9.23 Å². The van der Waals surface area contributed by atoms with Crippen LogP contribution in [0.2, 0.25) is 0 Å². The van der Waals surface area contributed by atoms with Crippen LogP contribution in [0.4, 0.5) is 0 Å². The molecule has 262 valence electrons. The van der Waals surface area contributed by atoms with E-state index in [1.165, 1.54) is 0 Å². The molecule has 0 N–H and O–H groups in total. The van der Waals surface area contributed by atoms with Crippen molar-refractivity contribution in [3.63, 3.8) is 0 Å². The van der Waals surface area contributed by atoms with Crippen molar-refractivity contribution in [3.05, 3.63) is 34.1 Å². The van der Waals surface area contributed by atoms with Crippen LogP contribution in [-0.4, -0.2) is 0 Å². The van der Waals surface area contributed by atoms with Crippen LogP contribution in [0.1, 0.15) is 29.2 Å². The number of rotatable bonds is 0. The first kappa shape index (κ1) is 22.4. The van der Waals surface area contributed by atoms with Gasteiger partial charge in [-0.1, -0.05) is 0 Å². The van der Waals surface area contributed by atoms with Gasteiger partial charge < -0.3 is 4.74 Å². The Morgan fingerprint density at radius 3 is 0.516 bits per heavy atom. The van der Waals surface area contributed by atoms with Crippen LogP contribution < -0.4 is 0 Å². The summed E-state index contributed by atoms with van der Waals surface area (Å²) in [5, 5.41) is 88.5. The number of allylic oxidation sites excluding steroid dienone is 1. The zero-order valence-electron chi connectivity index (χ0n) is 32.5. The molecule has 0 radical (unpaired) electrons. The molecule has 0 atom stereocenters. The summed E-state index contributed by atoms with van der Waals surface area (Å²) in [4.78, 5) is 0. The van der Waals surface area contributed by atoms with Crippen LogP contribution in [-0.2, 0) is 15.8 Å². The zero-order chi connectivity index (χ0) is 37.5. The van der Waals surface area contributed by atoms with E-state index in [1.54, 1.807) is 313 Å². The molecule has 1 nitrogen and oxygen atoms in total. The molecule has 0 saturated heterocycles. The number of benzene rings is 18. The lowest BCUT2D eigenvalue weighted by atomic mass is 9.55. The maximum Gasteiger partial charge on any atom is 0.178 e. The Morgan fingerprint density at radius 2 is 0.344 bits per heavy atom. The number of hydrogen-bond acceptors (Lipinski definition) is 1. The molecule has 4 aliphatic carbocycles. The van der Waals surface area contributed by atoms with Crippen molar-refractivity contribution >= 4 is 291 Å². The van der Waals surface area contributed by atoms with Gasteiger partial charge in [0.2, 0.25) is 0 Å². The van der Waals surface area contributed by atoms with Gasteiger partial charge in [-0.05, 0) is 315 Å². The highest BCUT2D eigenvalue weighted by Gasteiger charge is 2.73. The molecule has 0 saturated carbocycles. The Hall–Kier alpha value is -8.00. The van der Waals surface area contributed by atoms with Crippen LogP contribution in [0.15, 0.2) is 11.8 Å². The van der Waals surface area contributed by atoms with Crippen LogP contribution in [0.3, 0.4) is 0 Å². The van der Waals surface area contributed by atoms with Gasteiger partial charge in [-0.15, -0.1) is 0 Å². The van der Waals surface area contributed by atoms with Crippen LogP contribution in [0, 0.1) is 0 Å². The minimum atomic E-state index is -0.623. The molecule has 33 rings (SSSR count). The minimum absolute atomic E-state index is 0.414. The predicted octanol–water partition coefficient (Wildman–Crippen LogP) is 17.2. The molecule has 0 aromatic heterocycles. The molecule has 5 aliphatic rings. The van der Waals surface area contributed by atoms with Crippen molar-refractivity contribution in [2.75, 3.05) is 0 Å². The van der Waals surface area contributed by atoms with E-state index in [-0.39, 0.29) is 0 Å².